The lowest BCUT2D eigenvalue weighted by molar-refractivity contribution is 0.0724. The van der Waals surface area contributed by atoms with Crippen LogP contribution in [0.2, 0.25) is 0 Å². The summed E-state index contributed by atoms with van der Waals surface area (Å²) in [6.07, 6.45) is 3.83. The van der Waals surface area contributed by atoms with E-state index in [0.29, 0.717) is 47.1 Å². The SMILES string of the molecule is CCCCCN1C(=O)c2oc3c(C)cc(C)cc3c(=O)c2C1c1ccc(OCCC(C)C)c(OC)c1. The van der Waals surface area contributed by atoms with Crippen molar-refractivity contribution in [2.45, 2.75) is 66.3 Å². The number of aryl methyl sites for hydroxylation is 2. The van der Waals surface area contributed by atoms with Gasteiger partial charge < -0.3 is 18.8 Å². The molecule has 1 aliphatic rings. The number of carbonyl (C=O) groups excluding carboxylic acids is 1. The van der Waals surface area contributed by atoms with Crippen LogP contribution in [0.4, 0.5) is 0 Å². The Morgan fingerprint density at radius 1 is 1.06 bits per heavy atom. The van der Waals surface area contributed by atoms with Gasteiger partial charge in [-0.05, 0) is 67.5 Å². The van der Waals surface area contributed by atoms with Crippen LogP contribution in [-0.2, 0) is 0 Å². The smallest absolute Gasteiger partial charge is 0.290 e. The van der Waals surface area contributed by atoms with E-state index < -0.39 is 6.04 Å². The normalized spacial score (nSPS) is 15.1. The van der Waals surface area contributed by atoms with E-state index in [9.17, 15) is 9.59 Å². The number of methoxy groups -OCH3 is 1. The van der Waals surface area contributed by atoms with E-state index in [-0.39, 0.29) is 17.1 Å². The molecule has 1 amide bonds. The average Bonchev–Trinajstić information content (AvgIpc) is 3.12. The second-order valence-electron chi connectivity index (χ2n) is 10.2. The molecule has 0 N–H and O–H groups in total. The maximum atomic E-state index is 13.9. The molecule has 3 aromatic rings. The highest BCUT2D eigenvalue weighted by Gasteiger charge is 2.42. The van der Waals surface area contributed by atoms with Gasteiger partial charge in [0.2, 0.25) is 5.76 Å². The predicted octanol–water partition coefficient (Wildman–Crippen LogP) is 6.58. The van der Waals surface area contributed by atoms with E-state index in [1.54, 1.807) is 12.0 Å². The van der Waals surface area contributed by atoms with Crippen molar-refractivity contribution in [2.75, 3.05) is 20.3 Å². The Kier molecular flexibility index (Phi) is 7.72. The monoisotopic (exact) mass is 491 g/mol. The second-order valence-corrected chi connectivity index (χ2v) is 10.2. The van der Waals surface area contributed by atoms with Crippen LogP contribution in [0.1, 0.15) is 85.3 Å². The van der Waals surface area contributed by atoms with Crippen LogP contribution >= 0.6 is 0 Å². The Labute approximate surface area is 213 Å². The number of carbonyl (C=O) groups is 1. The molecule has 1 atom stereocenters. The summed E-state index contributed by atoms with van der Waals surface area (Å²) in [7, 11) is 1.61. The number of nitrogens with zero attached hydrogens (tertiary/aromatic N) is 1. The standard InChI is InChI=1S/C30H37NO5/c1-7-8-9-13-31-26(21-10-11-23(24(17-21)34-6)35-14-12-18(2)3)25-27(32)22-16-19(4)15-20(5)28(22)36-29(25)30(31)33/h10-11,15-18,26H,7-9,12-14H2,1-6H3. The number of ether oxygens (including phenoxy) is 2. The van der Waals surface area contributed by atoms with Gasteiger partial charge in [-0.25, -0.2) is 0 Å². The van der Waals surface area contributed by atoms with Crippen molar-refractivity contribution in [3.63, 3.8) is 0 Å². The quantitative estimate of drug-likeness (QED) is 0.300. The summed E-state index contributed by atoms with van der Waals surface area (Å²) in [4.78, 5) is 29.3. The Morgan fingerprint density at radius 3 is 2.53 bits per heavy atom. The minimum atomic E-state index is -0.538. The average molecular weight is 492 g/mol. The van der Waals surface area contributed by atoms with Crippen LogP contribution < -0.4 is 14.9 Å². The first-order valence-corrected chi connectivity index (χ1v) is 13.0. The van der Waals surface area contributed by atoms with Gasteiger partial charge in [-0.1, -0.05) is 45.7 Å². The minimum Gasteiger partial charge on any atom is -0.493 e. The molecule has 6 nitrogen and oxygen atoms in total. The molecule has 192 valence electrons. The maximum Gasteiger partial charge on any atom is 0.290 e. The molecule has 0 saturated heterocycles. The fourth-order valence-corrected chi connectivity index (χ4v) is 4.96. The molecule has 0 bridgehead atoms. The Morgan fingerprint density at radius 2 is 1.83 bits per heavy atom. The Balaban J connectivity index is 1.84. The minimum absolute atomic E-state index is 0.148. The van der Waals surface area contributed by atoms with Gasteiger partial charge in [0.1, 0.15) is 5.58 Å². The van der Waals surface area contributed by atoms with Gasteiger partial charge in [0.25, 0.3) is 5.91 Å². The van der Waals surface area contributed by atoms with Gasteiger partial charge in [-0.3, -0.25) is 9.59 Å². The van der Waals surface area contributed by atoms with Crippen LogP contribution in [0.5, 0.6) is 11.5 Å². The van der Waals surface area contributed by atoms with Crippen molar-refractivity contribution in [1.82, 2.24) is 4.90 Å². The van der Waals surface area contributed by atoms with Crippen LogP contribution in [0.25, 0.3) is 11.0 Å². The molecule has 0 fully saturated rings. The van der Waals surface area contributed by atoms with Crippen LogP contribution in [0.3, 0.4) is 0 Å². The molecule has 6 heteroatoms. The summed E-state index contributed by atoms with van der Waals surface area (Å²) in [5.41, 5.74) is 3.39. The second kappa shape index (κ2) is 10.8. The zero-order chi connectivity index (χ0) is 26.0. The van der Waals surface area contributed by atoms with Gasteiger partial charge in [-0.15, -0.1) is 0 Å². The highest BCUT2D eigenvalue weighted by Crippen LogP contribution is 2.41. The van der Waals surface area contributed by atoms with Gasteiger partial charge in [-0.2, -0.15) is 0 Å². The number of unbranched alkanes of at least 4 members (excludes halogenated alkanes) is 2. The van der Waals surface area contributed by atoms with Crippen LogP contribution in [0.15, 0.2) is 39.5 Å². The van der Waals surface area contributed by atoms with Gasteiger partial charge in [0.05, 0.1) is 30.7 Å². The van der Waals surface area contributed by atoms with Gasteiger partial charge in [0, 0.05) is 6.54 Å². The first-order valence-electron chi connectivity index (χ1n) is 13.0. The van der Waals surface area contributed by atoms with Gasteiger partial charge >= 0.3 is 0 Å². The fraction of sp³-hybridized carbons (Fsp3) is 0.467. The molecule has 2 aromatic carbocycles. The van der Waals surface area contributed by atoms with Gasteiger partial charge in [0.15, 0.2) is 16.9 Å². The van der Waals surface area contributed by atoms with Crippen molar-refractivity contribution in [3.8, 4) is 11.5 Å². The molecule has 1 aliphatic heterocycles. The molecule has 2 heterocycles. The van der Waals surface area contributed by atoms with Crippen molar-refractivity contribution in [2.24, 2.45) is 5.92 Å². The lowest BCUT2D eigenvalue weighted by Gasteiger charge is -2.26. The Hall–Kier alpha value is -3.28. The van der Waals surface area contributed by atoms with Crippen molar-refractivity contribution in [3.05, 3.63) is 68.6 Å². The van der Waals surface area contributed by atoms with E-state index in [1.807, 2.05) is 44.2 Å². The number of fused-ring (bicyclic) bond motifs is 2. The largest absolute Gasteiger partial charge is 0.493 e. The van der Waals surface area contributed by atoms with Crippen molar-refractivity contribution >= 4 is 16.9 Å². The summed E-state index contributed by atoms with van der Waals surface area (Å²) in [6.45, 7) is 11.4. The van der Waals surface area contributed by atoms with Crippen molar-refractivity contribution < 1.29 is 18.7 Å². The molecule has 4 rings (SSSR count). The predicted molar refractivity (Wildman–Crippen MR) is 142 cm³/mol. The zero-order valence-electron chi connectivity index (χ0n) is 22.3. The molecule has 0 saturated carbocycles. The number of benzene rings is 2. The lowest BCUT2D eigenvalue weighted by Crippen LogP contribution is -2.30. The molecule has 0 spiro atoms. The summed E-state index contributed by atoms with van der Waals surface area (Å²) in [5, 5.41) is 0.514. The zero-order valence-corrected chi connectivity index (χ0v) is 22.3. The highest BCUT2D eigenvalue weighted by atomic mass is 16.5. The van der Waals surface area contributed by atoms with Crippen LogP contribution in [0, 0.1) is 19.8 Å². The topological polar surface area (TPSA) is 69.0 Å². The van der Waals surface area contributed by atoms with E-state index in [4.69, 9.17) is 13.9 Å². The van der Waals surface area contributed by atoms with E-state index >= 15 is 0 Å². The molecular weight excluding hydrogens is 454 g/mol. The van der Waals surface area contributed by atoms with Crippen molar-refractivity contribution in [1.29, 1.82) is 0 Å². The molecule has 0 radical (unpaired) electrons. The third-order valence-corrected chi connectivity index (χ3v) is 6.86. The van der Waals surface area contributed by atoms with Crippen LogP contribution in [-0.4, -0.2) is 31.1 Å². The summed E-state index contributed by atoms with van der Waals surface area (Å²) in [5.74, 6) is 1.69. The molecule has 0 aliphatic carbocycles. The van der Waals surface area contributed by atoms with E-state index in [2.05, 4.69) is 20.8 Å². The highest BCUT2D eigenvalue weighted by molar-refractivity contribution is 5.99. The third-order valence-electron chi connectivity index (χ3n) is 6.86. The van der Waals surface area contributed by atoms with E-state index in [1.165, 1.54) is 0 Å². The fourth-order valence-electron chi connectivity index (χ4n) is 4.96. The summed E-state index contributed by atoms with van der Waals surface area (Å²) < 4.78 is 17.8. The number of hydrogen-bond acceptors (Lipinski definition) is 5. The maximum absolute atomic E-state index is 13.9. The molecule has 1 aromatic heterocycles. The number of amides is 1. The number of rotatable bonds is 10. The Bertz CT molecular complexity index is 1320. The molecule has 36 heavy (non-hydrogen) atoms. The molecular formula is C30H37NO5. The first kappa shape index (κ1) is 25.8. The number of hydrogen-bond donors (Lipinski definition) is 0. The first-order chi connectivity index (χ1) is 17.3. The van der Waals surface area contributed by atoms with E-state index in [0.717, 1.165) is 42.4 Å². The summed E-state index contributed by atoms with van der Waals surface area (Å²) in [6, 6.07) is 8.97. The molecule has 1 unspecified atom stereocenters. The third kappa shape index (κ3) is 4.86. The lowest BCUT2D eigenvalue weighted by atomic mass is 9.97. The summed E-state index contributed by atoms with van der Waals surface area (Å²) >= 11 is 0.